The zero-order chi connectivity index (χ0) is 29.9. The Morgan fingerprint density at radius 3 is 2.44 bits per heavy atom. The van der Waals surface area contributed by atoms with Crippen LogP contribution in [0.25, 0.3) is 11.3 Å². The lowest BCUT2D eigenvalue weighted by atomic mass is 9.82. The Morgan fingerprint density at radius 2 is 1.85 bits per heavy atom. The summed E-state index contributed by atoms with van der Waals surface area (Å²) < 4.78 is 25.3. The van der Waals surface area contributed by atoms with Crippen molar-refractivity contribution in [3.05, 3.63) is 70.4 Å². The van der Waals surface area contributed by atoms with Crippen molar-refractivity contribution in [3.8, 4) is 17.0 Å². The lowest BCUT2D eigenvalue weighted by molar-refractivity contribution is -0.160. The quantitative estimate of drug-likeness (QED) is 0.280. The number of carboxylic acid groups (broad SMARTS) is 1. The van der Waals surface area contributed by atoms with Gasteiger partial charge < -0.3 is 19.5 Å². The minimum Gasteiger partial charge on any atom is -0.492 e. The average molecular weight is 584 g/mol. The number of aromatic nitrogens is 2. The molecule has 4 rings (SSSR count). The van der Waals surface area contributed by atoms with Crippen LogP contribution in [0, 0.1) is 18.2 Å². The molecule has 1 N–H and O–H groups in total. The van der Waals surface area contributed by atoms with Gasteiger partial charge in [0.1, 0.15) is 11.6 Å². The average Bonchev–Trinajstić information content (AvgIpc) is 2.88. The standard InChI is InChI=1S/C32H39ClFN3O4/c1-20-27(29(30(38)39)41-31(2,3)4)28(37-14-12-32(5,6)13-15-37)24(19-35-20)26-10-9-23(18-36-26)40-16-11-21-7-8-22(34)17-25(21)33/h7-10,17-19,29H,11-16H2,1-6H3,(H,38,39)/t29-/m0/s1. The van der Waals surface area contributed by atoms with E-state index in [0.29, 0.717) is 40.8 Å². The van der Waals surface area contributed by atoms with Crippen LogP contribution in [0.5, 0.6) is 5.75 Å². The summed E-state index contributed by atoms with van der Waals surface area (Å²) in [6, 6.07) is 8.01. The Bertz CT molecular complexity index is 1380. The summed E-state index contributed by atoms with van der Waals surface area (Å²) in [5.41, 5.74) is 3.72. The number of nitrogens with zero attached hydrogens (tertiary/aromatic N) is 3. The maximum absolute atomic E-state index is 13.3. The van der Waals surface area contributed by atoms with Crippen LogP contribution in [0.4, 0.5) is 10.1 Å². The predicted octanol–water partition coefficient (Wildman–Crippen LogP) is 7.43. The van der Waals surface area contributed by atoms with Gasteiger partial charge in [-0.3, -0.25) is 9.97 Å². The number of aryl methyl sites for hydroxylation is 1. The van der Waals surface area contributed by atoms with E-state index in [9.17, 15) is 14.3 Å². The molecule has 1 aliphatic heterocycles. The van der Waals surface area contributed by atoms with E-state index in [1.807, 2.05) is 39.8 Å². The first-order chi connectivity index (χ1) is 19.2. The van der Waals surface area contributed by atoms with Gasteiger partial charge in [0.2, 0.25) is 0 Å². The monoisotopic (exact) mass is 583 g/mol. The van der Waals surface area contributed by atoms with Gasteiger partial charge in [0.15, 0.2) is 6.10 Å². The second-order valence-corrected chi connectivity index (χ2v) is 12.7. The lowest BCUT2D eigenvalue weighted by Crippen LogP contribution is -2.39. The van der Waals surface area contributed by atoms with Crippen molar-refractivity contribution >= 4 is 23.3 Å². The molecule has 0 spiro atoms. The number of anilines is 1. The minimum atomic E-state index is -1.19. The highest BCUT2D eigenvalue weighted by Crippen LogP contribution is 2.43. The number of benzene rings is 1. The van der Waals surface area contributed by atoms with E-state index in [4.69, 9.17) is 21.1 Å². The van der Waals surface area contributed by atoms with E-state index in [0.717, 1.165) is 42.7 Å². The molecule has 1 aliphatic rings. The SMILES string of the molecule is Cc1ncc(-c2ccc(OCCc3ccc(F)cc3Cl)cn2)c(N2CCC(C)(C)CC2)c1[C@H](OC(C)(C)C)C(=O)O. The first-order valence-corrected chi connectivity index (χ1v) is 14.3. The Morgan fingerprint density at radius 1 is 1.15 bits per heavy atom. The molecule has 3 aromatic rings. The number of halogens is 2. The van der Waals surface area contributed by atoms with Gasteiger partial charge >= 0.3 is 5.97 Å². The van der Waals surface area contributed by atoms with Gasteiger partial charge in [-0.25, -0.2) is 9.18 Å². The fraction of sp³-hybridized carbons (Fsp3) is 0.469. The topological polar surface area (TPSA) is 84.8 Å². The van der Waals surface area contributed by atoms with Gasteiger partial charge in [-0.2, -0.15) is 0 Å². The van der Waals surface area contributed by atoms with E-state index in [1.54, 1.807) is 18.5 Å². The Hall–Kier alpha value is -3.23. The van der Waals surface area contributed by atoms with Gasteiger partial charge in [0.25, 0.3) is 0 Å². The number of pyridine rings is 2. The summed E-state index contributed by atoms with van der Waals surface area (Å²) in [5.74, 6) is -0.855. The summed E-state index contributed by atoms with van der Waals surface area (Å²) in [6.07, 6.45) is 4.69. The highest BCUT2D eigenvalue weighted by molar-refractivity contribution is 6.31. The summed E-state index contributed by atoms with van der Waals surface area (Å²) in [7, 11) is 0. The maximum atomic E-state index is 13.3. The zero-order valence-corrected chi connectivity index (χ0v) is 25.4. The van der Waals surface area contributed by atoms with Crippen LogP contribution >= 0.6 is 11.6 Å². The number of rotatable bonds is 9. The highest BCUT2D eigenvalue weighted by Gasteiger charge is 2.36. The number of carboxylic acids is 1. The van der Waals surface area contributed by atoms with Crippen molar-refractivity contribution < 1.29 is 23.8 Å². The molecular formula is C32H39ClFN3O4. The lowest BCUT2D eigenvalue weighted by Gasteiger charge is -2.40. The Labute approximate surface area is 246 Å². The van der Waals surface area contributed by atoms with Crippen LogP contribution < -0.4 is 9.64 Å². The van der Waals surface area contributed by atoms with Crippen molar-refractivity contribution in [2.45, 2.75) is 72.5 Å². The molecule has 0 bridgehead atoms. The summed E-state index contributed by atoms with van der Waals surface area (Å²) in [4.78, 5) is 24.1. The largest absolute Gasteiger partial charge is 0.492 e. The van der Waals surface area contributed by atoms with Crippen LogP contribution in [-0.4, -0.2) is 46.3 Å². The molecule has 2 aromatic heterocycles. The van der Waals surface area contributed by atoms with Crippen molar-refractivity contribution in [3.63, 3.8) is 0 Å². The van der Waals surface area contributed by atoms with E-state index in [-0.39, 0.29) is 11.2 Å². The normalized spacial score (nSPS) is 16.0. The molecule has 7 nitrogen and oxygen atoms in total. The van der Waals surface area contributed by atoms with Gasteiger partial charge in [-0.05, 0) is 75.8 Å². The summed E-state index contributed by atoms with van der Waals surface area (Å²) in [5, 5.41) is 10.7. The minimum absolute atomic E-state index is 0.211. The van der Waals surface area contributed by atoms with Crippen molar-refractivity contribution in [2.75, 3.05) is 24.6 Å². The first-order valence-electron chi connectivity index (χ1n) is 13.9. The van der Waals surface area contributed by atoms with Crippen LogP contribution in [0.15, 0.2) is 42.7 Å². The number of aliphatic carboxylic acids is 1. The van der Waals surface area contributed by atoms with Gasteiger partial charge in [-0.1, -0.05) is 31.5 Å². The molecule has 1 fully saturated rings. The predicted molar refractivity (Wildman–Crippen MR) is 159 cm³/mol. The van der Waals surface area contributed by atoms with Crippen LogP contribution in [0.1, 0.15) is 70.4 Å². The molecule has 0 radical (unpaired) electrons. The second kappa shape index (κ2) is 12.3. The molecule has 41 heavy (non-hydrogen) atoms. The smallest absolute Gasteiger partial charge is 0.337 e. The summed E-state index contributed by atoms with van der Waals surface area (Å²) in [6.45, 7) is 13.8. The fourth-order valence-electron chi connectivity index (χ4n) is 5.00. The zero-order valence-electron chi connectivity index (χ0n) is 24.6. The molecule has 1 saturated heterocycles. The second-order valence-electron chi connectivity index (χ2n) is 12.3. The molecule has 0 amide bonds. The third kappa shape index (κ3) is 7.74. The Kier molecular flexibility index (Phi) is 9.24. The number of ether oxygens (including phenoxy) is 2. The molecule has 1 atom stereocenters. The number of hydrogen-bond acceptors (Lipinski definition) is 6. The molecule has 220 valence electrons. The highest BCUT2D eigenvalue weighted by atomic mass is 35.5. The van der Waals surface area contributed by atoms with E-state index in [2.05, 4.69) is 28.7 Å². The molecular weight excluding hydrogens is 545 g/mol. The van der Waals surface area contributed by atoms with Gasteiger partial charge in [0.05, 0.1) is 29.8 Å². The van der Waals surface area contributed by atoms with E-state index in [1.165, 1.54) is 12.1 Å². The van der Waals surface area contributed by atoms with Crippen molar-refractivity contribution in [1.82, 2.24) is 9.97 Å². The van der Waals surface area contributed by atoms with Crippen molar-refractivity contribution in [1.29, 1.82) is 0 Å². The maximum Gasteiger partial charge on any atom is 0.337 e. The number of piperidine rings is 1. The van der Waals surface area contributed by atoms with Gasteiger partial charge in [0, 0.05) is 47.6 Å². The molecule has 1 aromatic carbocycles. The summed E-state index contributed by atoms with van der Waals surface area (Å²) >= 11 is 6.13. The fourth-order valence-corrected chi connectivity index (χ4v) is 5.26. The molecule has 9 heteroatoms. The third-order valence-corrected chi connectivity index (χ3v) is 7.70. The van der Waals surface area contributed by atoms with Crippen LogP contribution in [0.3, 0.4) is 0 Å². The third-order valence-electron chi connectivity index (χ3n) is 7.35. The first kappa shape index (κ1) is 30.7. The van der Waals surface area contributed by atoms with E-state index >= 15 is 0 Å². The Balaban J connectivity index is 1.66. The number of carbonyl (C=O) groups is 1. The molecule has 3 heterocycles. The molecule has 0 unspecified atom stereocenters. The molecule has 0 saturated carbocycles. The van der Waals surface area contributed by atoms with E-state index < -0.39 is 17.7 Å². The van der Waals surface area contributed by atoms with Crippen LogP contribution in [-0.2, 0) is 16.0 Å². The van der Waals surface area contributed by atoms with Crippen molar-refractivity contribution in [2.24, 2.45) is 5.41 Å². The van der Waals surface area contributed by atoms with Crippen LogP contribution in [0.2, 0.25) is 5.02 Å². The molecule has 0 aliphatic carbocycles. The van der Waals surface area contributed by atoms with Gasteiger partial charge in [-0.15, -0.1) is 0 Å². The number of hydrogen-bond donors (Lipinski definition) is 1.